The zero-order valence-electron chi connectivity index (χ0n) is 16.8. The largest absolute Gasteiger partial charge is 0.493 e. The number of aromatic nitrogens is 2. The van der Waals surface area contributed by atoms with Gasteiger partial charge in [0.15, 0.2) is 6.61 Å². The van der Waals surface area contributed by atoms with E-state index >= 15 is 0 Å². The highest BCUT2D eigenvalue weighted by atomic mass is 16.5. The number of Topliss-reactive ketones (excluding diaryl/α,β-unsaturated/α-hetero) is 1. The van der Waals surface area contributed by atoms with Crippen molar-refractivity contribution in [2.24, 2.45) is 7.05 Å². The maximum atomic E-state index is 12.4. The highest BCUT2D eigenvalue weighted by Gasteiger charge is 2.22. The summed E-state index contributed by atoms with van der Waals surface area (Å²) < 4.78 is 12.4. The van der Waals surface area contributed by atoms with Crippen molar-refractivity contribution in [2.75, 3.05) is 18.9 Å². The molecule has 2 aromatic rings. The van der Waals surface area contributed by atoms with Gasteiger partial charge in [-0.15, -0.1) is 0 Å². The molecule has 0 saturated carbocycles. The smallest absolute Gasteiger partial charge is 0.332 e. The first-order chi connectivity index (χ1) is 13.8. The number of aryl methyl sites for hydroxylation is 1. The number of ether oxygens (including phenoxy) is 2. The minimum Gasteiger partial charge on any atom is -0.493 e. The number of ketones is 1. The van der Waals surface area contributed by atoms with Gasteiger partial charge in [-0.05, 0) is 31.0 Å². The normalized spacial score (nSPS) is 10.6. The standard InChI is InChI=1S/C20H25N3O6/c1-4-9-23-18(21)17(19(26)22(3)20(23)27)15(24)12-29-16(25)8-10-28-14-7-5-6-13(2)11-14/h5-7,11H,4,8-10,12,21H2,1-3H3. The number of rotatable bonds is 9. The van der Waals surface area contributed by atoms with Crippen molar-refractivity contribution in [1.29, 1.82) is 0 Å². The van der Waals surface area contributed by atoms with Crippen LogP contribution < -0.4 is 21.7 Å². The second-order valence-electron chi connectivity index (χ2n) is 6.56. The molecule has 0 radical (unpaired) electrons. The Hall–Kier alpha value is -3.36. The van der Waals surface area contributed by atoms with Crippen molar-refractivity contribution >= 4 is 17.6 Å². The van der Waals surface area contributed by atoms with E-state index in [2.05, 4.69) is 0 Å². The first kappa shape index (κ1) is 21.9. The highest BCUT2D eigenvalue weighted by molar-refractivity contribution is 6.01. The molecule has 0 atom stereocenters. The van der Waals surface area contributed by atoms with Crippen molar-refractivity contribution in [1.82, 2.24) is 9.13 Å². The highest BCUT2D eigenvalue weighted by Crippen LogP contribution is 2.12. The Labute approximate surface area is 167 Å². The number of anilines is 1. The van der Waals surface area contributed by atoms with Crippen LogP contribution in [0, 0.1) is 6.92 Å². The third-order valence-corrected chi connectivity index (χ3v) is 4.24. The number of hydrogen-bond donors (Lipinski definition) is 1. The number of hydrogen-bond acceptors (Lipinski definition) is 7. The minimum atomic E-state index is -0.816. The van der Waals surface area contributed by atoms with E-state index in [-0.39, 0.29) is 31.0 Å². The Kier molecular flexibility index (Phi) is 7.35. The zero-order valence-corrected chi connectivity index (χ0v) is 16.8. The van der Waals surface area contributed by atoms with Gasteiger partial charge >= 0.3 is 11.7 Å². The van der Waals surface area contributed by atoms with Crippen LogP contribution in [0.3, 0.4) is 0 Å². The average molecular weight is 403 g/mol. The van der Waals surface area contributed by atoms with E-state index in [0.29, 0.717) is 12.2 Å². The lowest BCUT2D eigenvalue weighted by Gasteiger charge is -2.14. The molecule has 2 rings (SSSR count). The second kappa shape index (κ2) is 9.72. The van der Waals surface area contributed by atoms with Gasteiger partial charge in [0.2, 0.25) is 5.78 Å². The molecule has 29 heavy (non-hydrogen) atoms. The molecule has 0 aliphatic rings. The molecule has 1 aromatic heterocycles. The fourth-order valence-corrected chi connectivity index (χ4v) is 2.73. The van der Waals surface area contributed by atoms with Gasteiger partial charge in [-0.1, -0.05) is 19.1 Å². The van der Waals surface area contributed by atoms with Gasteiger partial charge in [-0.3, -0.25) is 23.5 Å². The topological polar surface area (TPSA) is 123 Å². The second-order valence-corrected chi connectivity index (χ2v) is 6.56. The summed E-state index contributed by atoms with van der Waals surface area (Å²) in [7, 11) is 1.27. The van der Waals surface area contributed by atoms with E-state index < -0.39 is 29.6 Å². The Morgan fingerprint density at radius 3 is 2.59 bits per heavy atom. The fraction of sp³-hybridized carbons (Fsp3) is 0.400. The van der Waals surface area contributed by atoms with Crippen LogP contribution >= 0.6 is 0 Å². The minimum absolute atomic E-state index is 0.0654. The predicted octanol–water partition coefficient (Wildman–Crippen LogP) is 1.04. The van der Waals surface area contributed by atoms with Crippen LogP contribution in [0.1, 0.15) is 35.7 Å². The molecular weight excluding hydrogens is 378 g/mol. The number of carbonyl (C=O) groups is 2. The maximum absolute atomic E-state index is 12.4. The third kappa shape index (κ3) is 5.34. The van der Waals surface area contributed by atoms with E-state index in [4.69, 9.17) is 15.2 Å². The molecule has 9 heteroatoms. The number of benzene rings is 1. The van der Waals surface area contributed by atoms with Crippen molar-refractivity contribution in [2.45, 2.75) is 33.2 Å². The van der Waals surface area contributed by atoms with Crippen LogP contribution in [0.5, 0.6) is 5.75 Å². The summed E-state index contributed by atoms with van der Waals surface area (Å²) in [5, 5.41) is 0. The van der Waals surface area contributed by atoms with E-state index in [1.165, 1.54) is 7.05 Å². The lowest BCUT2D eigenvalue weighted by Crippen LogP contribution is -2.43. The molecule has 0 bridgehead atoms. The monoisotopic (exact) mass is 403 g/mol. The van der Waals surface area contributed by atoms with E-state index in [0.717, 1.165) is 14.7 Å². The van der Waals surface area contributed by atoms with E-state index in [9.17, 15) is 19.2 Å². The Balaban J connectivity index is 1.99. The zero-order chi connectivity index (χ0) is 21.6. The third-order valence-electron chi connectivity index (χ3n) is 4.24. The molecule has 9 nitrogen and oxygen atoms in total. The molecule has 0 aliphatic carbocycles. The molecule has 0 aliphatic heterocycles. The molecule has 0 unspecified atom stereocenters. The molecule has 0 spiro atoms. The molecule has 1 heterocycles. The van der Waals surface area contributed by atoms with Crippen molar-refractivity contribution in [3.63, 3.8) is 0 Å². The quantitative estimate of drug-likeness (QED) is 0.490. The molecule has 0 saturated heterocycles. The van der Waals surface area contributed by atoms with Gasteiger partial charge < -0.3 is 15.2 Å². The van der Waals surface area contributed by atoms with Crippen molar-refractivity contribution in [3.8, 4) is 5.75 Å². The number of nitrogens with zero attached hydrogens (tertiary/aromatic N) is 2. The van der Waals surface area contributed by atoms with Crippen LogP contribution in [0.4, 0.5) is 5.82 Å². The lowest BCUT2D eigenvalue weighted by molar-refractivity contribution is -0.143. The fourth-order valence-electron chi connectivity index (χ4n) is 2.73. The van der Waals surface area contributed by atoms with Gasteiger partial charge in [0.25, 0.3) is 5.56 Å². The summed E-state index contributed by atoms with van der Waals surface area (Å²) in [4.78, 5) is 48.7. The molecule has 2 N–H and O–H groups in total. The molecular formula is C20H25N3O6. The number of esters is 1. The summed E-state index contributed by atoms with van der Waals surface area (Å²) in [6.45, 7) is 3.45. The van der Waals surface area contributed by atoms with Crippen LogP contribution in [0.2, 0.25) is 0 Å². The SMILES string of the molecule is CCCn1c(N)c(C(=O)COC(=O)CCOc2cccc(C)c2)c(=O)n(C)c1=O. The van der Waals surface area contributed by atoms with Crippen LogP contribution in [0.15, 0.2) is 33.9 Å². The van der Waals surface area contributed by atoms with Gasteiger partial charge in [-0.2, -0.15) is 0 Å². The molecule has 1 aromatic carbocycles. The van der Waals surface area contributed by atoms with Gasteiger partial charge in [0, 0.05) is 13.6 Å². The maximum Gasteiger partial charge on any atom is 0.332 e. The molecule has 0 amide bonds. The number of carbonyl (C=O) groups excluding carboxylic acids is 2. The Morgan fingerprint density at radius 2 is 1.93 bits per heavy atom. The van der Waals surface area contributed by atoms with E-state index in [1.54, 1.807) is 6.07 Å². The summed E-state index contributed by atoms with van der Waals surface area (Å²) in [6.07, 6.45) is 0.524. The van der Waals surface area contributed by atoms with E-state index in [1.807, 2.05) is 32.0 Å². The van der Waals surface area contributed by atoms with Crippen LogP contribution in [0.25, 0.3) is 0 Å². The number of nitrogens with two attached hydrogens (primary N) is 1. The van der Waals surface area contributed by atoms with Crippen LogP contribution in [-0.2, 0) is 23.1 Å². The first-order valence-electron chi connectivity index (χ1n) is 9.23. The summed E-state index contributed by atoms with van der Waals surface area (Å²) in [5.41, 5.74) is 5.13. The van der Waals surface area contributed by atoms with Gasteiger partial charge in [0.05, 0.1) is 13.0 Å². The molecule has 0 fully saturated rings. The predicted molar refractivity (Wildman–Crippen MR) is 107 cm³/mol. The first-order valence-corrected chi connectivity index (χ1v) is 9.23. The van der Waals surface area contributed by atoms with Gasteiger partial charge in [0.1, 0.15) is 17.1 Å². The summed E-state index contributed by atoms with van der Waals surface area (Å²) in [5.74, 6) is -1.00. The van der Waals surface area contributed by atoms with Crippen molar-refractivity contribution in [3.05, 3.63) is 56.2 Å². The van der Waals surface area contributed by atoms with Crippen molar-refractivity contribution < 1.29 is 19.1 Å². The van der Waals surface area contributed by atoms with Crippen LogP contribution in [-0.4, -0.2) is 34.1 Å². The summed E-state index contributed by atoms with van der Waals surface area (Å²) in [6, 6.07) is 7.36. The summed E-state index contributed by atoms with van der Waals surface area (Å²) >= 11 is 0. The average Bonchev–Trinajstić information content (AvgIpc) is 2.68. The van der Waals surface area contributed by atoms with Gasteiger partial charge in [-0.25, -0.2) is 4.79 Å². The molecule has 156 valence electrons. The number of nitrogen functional groups attached to an aromatic ring is 1. The Bertz CT molecular complexity index is 1020. The lowest BCUT2D eigenvalue weighted by atomic mass is 10.2. The Morgan fingerprint density at radius 1 is 1.21 bits per heavy atom.